The second-order valence-electron chi connectivity index (χ2n) is 4.14. The van der Waals surface area contributed by atoms with Crippen molar-refractivity contribution in [2.45, 2.75) is 19.9 Å². The molecule has 1 aromatic rings. The van der Waals surface area contributed by atoms with Crippen LogP contribution in [0, 0.1) is 0 Å². The Hall–Kier alpha value is -0.650. The molecular formula is C11H20N4S. The van der Waals surface area contributed by atoms with Gasteiger partial charge in [-0.25, -0.2) is 4.98 Å². The maximum atomic E-state index is 5.60. The number of anilines is 1. The van der Waals surface area contributed by atoms with Gasteiger partial charge >= 0.3 is 0 Å². The lowest BCUT2D eigenvalue weighted by Crippen LogP contribution is -2.46. The van der Waals surface area contributed by atoms with Gasteiger partial charge in [0.2, 0.25) is 0 Å². The van der Waals surface area contributed by atoms with Gasteiger partial charge in [0, 0.05) is 43.8 Å². The molecule has 1 aromatic heterocycles. The number of aromatic nitrogens is 1. The van der Waals surface area contributed by atoms with Crippen LogP contribution in [0.15, 0.2) is 6.20 Å². The molecule has 0 aliphatic carbocycles. The highest BCUT2D eigenvalue weighted by molar-refractivity contribution is 7.15. The van der Waals surface area contributed by atoms with Gasteiger partial charge in [0.1, 0.15) is 0 Å². The minimum Gasteiger partial charge on any atom is -0.346 e. The number of nitrogens with two attached hydrogens (primary N) is 1. The van der Waals surface area contributed by atoms with Crippen LogP contribution in [0.25, 0.3) is 0 Å². The van der Waals surface area contributed by atoms with E-state index in [0.717, 1.165) is 31.3 Å². The van der Waals surface area contributed by atoms with Crippen LogP contribution < -0.4 is 10.6 Å². The van der Waals surface area contributed by atoms with E-state index in [1.807, 2.05) is 6.20 Å². The minimum absolute atomic E-state index is 0.605. The smallest absolute Gasteiger partial charge is 0.185 e. The molecule has 2 heterocycles. The molecule has 2 N–H and O–H groups in total. The van der Waals surface area contributed by atoms with E-state index in [1.54, 1.807) is 11.3 Å². The van der Waals surface area contributed by atoms with Crippen molar-refractivity contribution >= 4 is 16.5 Å². The third-order valence-corrected chi connectivity index (χ3v) is 4.01. The Morgan fingerprint density at radius 1 is 1.38 bits per heavy atom. The normalized spacial score (nSPS) is 18.0. The van der Waals surface area contributed by atoms with Crippen molar-refractivity contribution in [1.29, 1.82) is 0 Å². The minimum atomic E-state index is 0.605. The van der Waals surface area contributed by atoms with Gasteiger partial charge in [-0.2, -0.15) is 0 Å². The van der Waals surface area contributed by atoms with Gasteiger partial charge in [0.15, 0.2) is 5.13 Å². The topological polar surface area (TPSA) is 45.4 Å². The predicted molar refractivity (Wildman–Crippen MR) is 68.9 cm³/mol. The van der Waals surface area contributed by atoms with Crippen molar-refractivity contribution in [2.75, 3.05) is 37.6 Å². The molecule has 1 fully saturated rings. The van der Waals surface area contributed by atoms with Crippen LogP contribution in [0.2, 0.25) is 0 Å². The second-order valence-corrected chi connectivity index (χ2v) is 5.24. The maximum Gasteiger partial charge on any atom is 0.185 e. The van der Waals surface area contributed by atoms with Crippen molar-refractivity contribution in [3.8, 4) is 0 Å². The SMILES string of the molecule is CCCN1CCN(c2ncc(CN)s2)CC1. The zero-order valence-corrected chi connectivity index (χ0v) is 10.7. The number of nitrogens with zero attached hydrogens (tertiary/aromatic N) is 3. The summed E-state index contributed by atoms with van der Waals surface area (Å²) in [5.41, 5.74) is 5.60. The number of hydrogen-bond acceptors (Lipinski definition) is 5. The summed E-state index contributed by atoms with van der Waals surface area (Å²) in [7, 11) is 0. The van der Waals surface area contributed by atoms with Crippen LogP contribution in [-0.2, 0) is 6.54 Å². The molecule has 0 bridgehead atoms. The van der Waals surface area contributed by atoms with Gasteiger partial charge < -0.3 is 10.6 Å². The third kappa shape index (κ3) is 2.72. The van der Waals surface area contributed by atoms with Gasteiger partial charge in [-0.05, 0) is 13.0 Å². The van der Waals surface area contributed by atoms with Crippen LogP contribution in [0.1, 0.15) is 18.2 Å². The Balaban J connectivity index is 1.88. The van der Waals surface area contributed by atoms with Crippen LogP contribution in [-0.4, -0.2) is 42.6 Å². The molecule has 1 aliphatic rings. The molecule has 5 heteroatoms. The number of rotatable bonds is 4. The zero-order chi connectivity index (χ0) is 11.4. The second kappa shape index (κ2) is 5.61. The fraction of sp³-hybridized carbons (Fsp3) is 0.727. The average Bonchev–Trinajstić information content (AvgIpc) is 2.79. The molecule has 90 valence electrons. The molecule has 4 nitrogen and oxygen atoms in total. The first-order chi connectivity index (χ1) is 7.83. The first-order valence-corrected chi connectivity index (χ1v) is 6.77. The van der Waals surface area contributed by atoms with Crippen LogP contribution >= 0.6 is 11.3 Å². The van der Waals surface area contributed by atoms with E-state index in [1.165, 1.54) is 17.8 Å². The van der Waals surface area contributed by atoms with Crippen molar-refractivity contribution in [2.24, 2.45) is 5.73 Å². The van der Waals surface area contributed by atoms with E-state index < -0.39 is 0 Å². The number of hydrogen-bond donors (Lipinski definition) is 1. The van der Waals surface area contributed by atoms with Crippen molar-refractivity contribution in [1.82, 2.24) is 9.88 Å². The van der Waals surface area contributed by atoms with Gasteiger partial charge in [-0.1, -0.05) is 6.92 Å². The van der Waals surface area contributed by atoms with Crippen molar-refractivity contribution in [3.63, 3.8) is 0 Å². The molecule has 0 unspecified atom stereocenters. The molecular weight excluding hydrogens is 220 g/mol. The molecule has 0 saturated carbocycles. The summed E-state index contributed by atoms with van der Waals surface area (Å²) in [5.74, 6) is 0. The summed E-state index contributed by atoms with van der Waals surface area (Å²) in [4.78, 5) is 10.5. The van der Waals surface area contributed by atoms with Crippen LogP contribution in [0.4, 0.5) is 5.13 Å². The fourth-order valence-corrected chi connectivity index (χ4v) is 2.86. The lowest BCUT2D eigenvalue weighted by Gasteiger charge is -2.34. The van der Waals surface area contributed by atoms with Crippen LogP contribution in [0.3, 0.4) is 0 Å². The maximum absolute atomic E-state index is 5.60. The Morgan fingerprint density at radius 3 is 2.69 bits per heavy atom. The molecule has 0 aromatic carbocycles. The van der Waals surface area contributed by atoms with Crippen LogP contribution in [0.5, 0.6) is 0 Å². The molecule has 2 rings (SSSR count). The molecule has 16 heavy (non-hydrogen) atoms. The van der Waals surface area contributed by atoms with E-state index in [9.17, 15) is 0 Å². The highest BCUT2D eigenvalue weighted by Gasteiger charge is 2.18. The van der Waals surface area contributed by atoms with Gasteiger partial charge in [-0.3, -0.25) is 4.90 Å². The Bertz CT molecular complexity index is 318. The van der Waals surface area contributed by atoms with Gasteiger partial charge in [-0.15, -0.1) is 11.3 Å². The van der Waals surface area contributed by atoms with E-state index in [-0.39, 0.29) is 0 Å². The molecule has 0 atom stereocenters. The predicted octanol–water partition coefficient (Wildman–Crippen LogP) is 1.13. The Morgan fingerprint density at radius 2 is 2.12 bits per heavy atom. The summed E-state index contributed by atoms with van der Waals surface area (Å²) in [5, 5.41) is 1.14. The fourth-order valence-electron chi connectivity index (χ4n) is 2.02. The van der Waals surface area contributed by atoms with Gasteiger partial charge in [0.25, 0.3) is 0 Å². The summed E-state index contributed by atoms with van der Waals surface area (Å²) >= 11 is 1.73. The third-order valence-electron chi connectivity index (χ3n) is 2.93. The molecule has 1 saturated heterocycles. The number of piperazine rings is 1. The average molecular weight is 240 g/mol. The highest BCUT2D eigenvalue weighted by Crippen LogP contribution is 2.23. The summed E-state index contributed by atoms with van der Waals surface area (Å²) < 4.78 is 0. The first-order valence-electron chi connectivity index (χ1n) is 5.95. The Kier molecular flexibility index (Phi) is 4.15. The van der Waals surface area contributed by atoms with Gasteiger partial charge in [0.05, 0.1) is 0 Å². The zero-order valence-electron chi connectivity index (χ0n) is 9.85. The standard InChI is InChI=1S/C11H20N4S/c1-2-3-14-4-6-15(7-5-14)11-13-9-10(8-12)16-11/h9H,2-8,12H2,1H3. The van der Waals surface area contributed by atoms with E-state index in [2.05, 4.69) is 21.7 Å². The Labute approximate surface area is 101 Å². The van der Waals surface area contributed by atoms with E-state index in [0.29, 0.717) is 6.54 Å². The first kappa shape index (κ1) is 11.8. The summed E-state index contributed by atoms with van der Waals surface area (Å²) in [6.45, 7) is 8.57. The number of thiazole rings is 1. The lowest BCUT2D eigenvalue weighted by atomic mass is 10.3. The van der Waals surface area contributed by atoms with Crippen molar-refractivity contribution in [3.05, 3.63) is 11.1 Å². The quantitative estimate of drug-likeness (QED) is 0.857. The molecule has 1 aliphatic heterocycles. The summed E-state index contributed by atoms with van der Waals surface area (Å²) in [6, 6.07) is 0. The summed E-state index contributed by atoms with van der Waals surface area (Å²) in [6.07, 6.45) is 3.15. The van der Waals surface area contributed by atoms with E-state index >= 15 is 0 Å². The molecule has 0 radical (unpaired) electrons. The largest absolute Gasteiger partial charge is 0.346 e. The molecule has 0 spiro atoms. The van der Waals surface area contributed by atoms with Crippen molar-refractivity contribution < 1.29 is 0 Å². The lowest BCUT2D eigenvalue weighted by molar-refractivity contribution is 0.258. The highest BCUT2D eigenvalue weighted by atomic mass is 32.1. The molecule has 0 amide bonds. The monoisotopic (exact) mass is 240 g/mol. The van der Waals surface area contributed by atoms with E-state index in [4.69, 9.17) is 5.73 Å².